The summed E-state index contributed by atoms with van der Waals surface area (Å²) in [4.78, 5) is 4.36. The summed E-state index contributed by atoms with van der Waals surface area (Å²) in [6.07, 6.45) is 13.6. The van der Waals surface area contributed by atoms with Gasteiger partial charge in [-0.15, -0.1) is 34.2 Å². The number of rotatable bonds is 5. The molecule has 6 nitrogen and oxygen atoms in total. The van der Waals surface area contributed by atoms with Crippen LogP contribution >= 0.6 is 24.0 Å². The van der Waals surface area contributed by atoms with Crippen molar-refractivity contribution in [1.29, 1.82) is 0 Å². The van der Waals surface area contributed by atoms with Crippen LogP contribution in [0.2, 0.25) is 0 Å². The van der Waals surface area contributed by atoms with Crippen LogP contribution in [0.3, 0.4) is 0 Å². The lowest BCUT2D eigenvalue weighted by Crippen LogP contribution is -2.44. The normalized spacial score (nSPS) is 18.8. The number of hydrogen-bond acceptors (Lipinski definition) is 3. The van der Waals surface area contributed by atoms with Crippen LogP contribution in [0.1, 0.15) is 69.4 Å². The van der Waals surface area contributed by atoms with Gasteiger partial charge >= 0.3 is 0 Å². The summed E-state index contributed by atoms with van der Waals surface area (Å²) in [5.41, 5.74) is 0. The maximum absolute atomic E-state index is 4.41. The molecular weight excluding hydrogens is 427 g/mol. The maximum atomic E-state index is 4.41. The maximum Gasteiger partial charge on any atom is 0.191 e. The minimum atomic E-state index is 0. The molecule has 7 heteroatoms. The fourth-order valence-corrected chi connectivity index (χ4v) is 3.82. The van der Waals surface area contributed by atoms with E-state index in [-0.39, 0.29) is 24.0 Å². The van der Waals surface area contributed by atoms with Crippen molar-refractivity contribution in [3.8, 4) is 0 Å². The Balaban J connectivity index is 0.00000225. The third-order valence-electron chi connectivity index (χ3n) is 5.23. The first-order valence-corrected chi connectivity index (χ1v) is 9.75. The van der Waals surface area contributed by atoms with Gasteiger partial charge in [0.05, 0.1) is 0 Å². The Hall–Kier alpha value is -0.860. The zero-order valence-electron chi connectivity index (χ0n) is 15.5. The molecule has 25 heavy (non-hydrogen) atoms. The molecule has 1 aliphatic carbocycles. The average molecular weight is 460 g/mol. The third-order valence-corrected chi connectivity index (χ3v) is 5.23. The Labute approximate surface area is 168 Å². The minimum Gasteiger partial charge on any atom is -0.356 e. The van der Waals surface area contributed by atoms with Crippen LogP contribution in [-0.4, -0.2) is 40.4 Å². The van der Waals surface area contributed by atoms with Crippen molar-refractivity contribution in [2.45, 2.75) is 83.2 Å². The van der Waals surface area contributed by atoms with Crippen molar-refractivity contribution in [3.05, 3.63) is 11.6 Å². The largest absolute Gasteiger partial charge is 0.356 e. The zero-order valence-corrected chi connectivity index (χ0v) is 17.8. The van der Waals surface area contributed by atoms with Crippen LogP contribution < -0.4 is 10.6 Å². The molecule has 1 aromatic heterocycles. The first-order valence-electron chi connectivity index (χ1n) is 9.75. The number of nitrogens with zero attached hydrogens (tertiary/aromatic N) is 4. The second-order valence-electron chi connectivity index (χ2n) is 7.08. The molecule has 2 heterocycles. The van der Waals surface area contributed by atoms with Crippen molar-refractivity contribution in [2.75, 3.05) is 13.6 Å². The fourth-order valence-electron chi connectivity index (χ4n) is 3.82. The highest BCUT2D eigenvalue weighted by molar-refractivity contribution is 14.0. The molecule has 3 rings (SSSR count). The van der Waals surface area contributed by atoms with Crippen molar-refractivity contribution >= 4 is 29.9 Å². The van der Waals surface area contributed by atoms with E-state index in [0.717, 1.165) is 44.1 Å². The van der Waals surface area contributed by atoms with Gasteiger partial charge in [-0.05, 0) is 32.1 Å². The molecule has 0 atom stereocenters. The van der Waals surface area contributed by atoms with Gasteiger partial charge in [0, 0.05) is 39.0 Å². The molecular formula is C18H33IN6. The number of aliphatic imine (C=N–C) groups is 1. The molecule has 2 N–H and O–H groups in total. The van der Waals surface area contributed by atoms with Crippen molar-refractivity contribution in [3.63, 3.8) is 0 Å². The Morgan fingerprint density at radius 1 is 1.12 bits per heavy atom. The Morgan fingerprint density at radius 3 is 2.72 bits per heavy atom. The number of aryl methyl sites for hydroxylation is 2. The summed E-state index contributed by atoms with van der Waals surface area (Å²) < 4.78 is 2.35. The van der Waals surface area contributed by atoms with Gasteiger partial charge in [0.2, 0.25) is 0 Å². The van der Waals surface area contributed by atoms with Gasteiger partial charge in [0.25, 0.3) is 0 Å². The Morgan fingerprint density at radius 2 is 1.92 bits per heavy atom. The molecule has 0 amide bonds. The average Bonchev–Trinajstić information content (AvgIpc) is 2.85. The monoisotopic (exact) mass is 460 g/mol. The highest BCUT2D eigenvalue weighted by Gasteiger charge is 2.15. The molecule has 1 aromatic rings. The van der Waals surface area contributed by atoms with Gasteiger partial charge in [-0.1, -0.05) is 25.7 Å². The van der Waals surface area contributed by atoms with Gasteiger partial charge in [-0.3, -0.25) is 4.99 Å². The van der Waals surface area contributed by atoms with E-state index in [1.807, 2.05) is 7.05 Å². The van der Waals surface area contributed by atoms with E-state index in [1.54, 1.807) is 0 Å². The molecule has 0 radical (unpaired) electrons. The van der Waals surface area contributed by atoms with Gasteiger partial charge < -0.3 is 15.2 Å². The number of aromatic nitrogens is 3. The number of fused-ring (bicyclic) bond motifs is 1. The summed E-state index contributed by atoms with van der Waals surface area (Å²) in [6, 6.07) is 0.595. The topological polar surface area (TPSA) is 67.1 Å². The van der Waals surface area contributed by atoms with Crippen LogP contribution in [-0.2, 0) is 19.4 Å². The molecule has 0 saturated heterocycles. The van der Waals surface area contributed by atoms with Gasteiger partial charge in [-0.2, -0.15) is 0 Å². The van der Waals surface area contributed by atoms with Crippen molar-refractivity contribution in [1.82, 2.24) is 25.4 Å². The molecule has 2 aliphatic rings. The number of nitrogens with one attached hydrogen (secondary N) is 2. The van der Waals surface area contributed by atoms with Crippen molar-refractivity contribution < 1.29 is 0 Å². The smallest absolute Gasteiger partial charge is 0.191 e. The quantitative estimate of drug-likeness (QED) is 0.307. The molecule has 0 spiro atoms. The highest BCUT2D eigenvalue weighted by Crippen LogP contribution is 2.17. The minimum absolute atomic E-state index is 0. The highest BCUT2D eigenvalue weighted by atomic mass is 127. The number of hydrogen-bond donors (Lipinski definition) is 2. The van der Waals surface area contributed by atoms with Crippen LogP contribution in [0.5, 0.6) is 0 Å². The summed E-state index contributed by atoms with van der Waals surface area (Å²) >= 11 is 0. The van der Waals surface area contributed by atoms with E-state index in [1.165, 1.54) is 57.2 Å². The summed E-state index contributed by atoms with van der Waals surface area (Å²) in [5, 5.41) is 15.8. The van der Waals surface area contributed by atoms with Gasteiger partial charge in [-0.25, -0.2) is 0 Å². The third kappa shape index (κ3) is 6.11. The Bertz CT molecular complexity index is 536. The molecule has 1 saturated carbocycles. The molecule has 0 aromatic carbocycles. The fraction of sp³-hybridized carbons (Fsp3) is 0.833. The summed E-state index contributed by atoms with van der Waals surface area (Å²) in [7, 11) is 1.86. The van der Waals surface area contributed by atoms with E-state index < -0.39 is 0 Å². The van der Waals surface area contributed by atoms with Crippen LogP contribution in [0.4, 0.5) is 0 Å². The lowest BCUT2D eigenvalue weighted by molar-refractivity contribution is 0.410. The number of halogens is 1. The summed E-state index contributed by atoms with van der Waals surface area (Å²) in [6.45, 7) is 2.02. The first kappa shape index (κ1) is 20.5. The van der Waals surface area contributed by atoms with Gasteiger partial charge in [0.1, 0.15) is 11.6 Å². The molecule has 0 bridgehead atoms. The van der Waals surface area contributed by atoms with Gasteiger partial charge in [0.15, 0.2) is 5.96 Å². The summed E-state index contributed by atoms with van der Waals surface area (Å²) in [5.74, 6) is 3.29. The number of guanidine groups is 1. The molecule has 0 unspecified atom stereocenters. The lowest BCUT2D eigenvalue weighted by atomic mass is 9.96. The second-order valence-corrected chi connectivity index (χ2v) is 7.08. The molecule has 1 aliphatic heterocycles. The SMILES string of the molecule is CN=C(NCCCc1nnc2n1CCCCC2)NC1CCCCC1.I. The second kappa shape index (κ2) is 11.0. The van der Waals surface area contributed by atoms with Crippen LogP contribution in [0.15, 0.2) is 4.99 Å². The first-order chi connectivity index (χ1) is 11.9. The van der Waals surface area contributed by atoms with E-state index in [4.69, 9.17) is 0 Å². The predicted molar refractivity (Wildman–Crippen MR) is 113 cm³/mol. The Kier molecular flexibility index (Phi) is 8.98. The van der Waals surface area contributed by atoms with E-state index in [9.17, 15) is 0 Å². The van der Waals surface area contributed by atoms with Crippen molar-refractivity contribution in [2.24, 2.45) is 4.99 Å². The van der Waals surface area contributed by atoms with E-state index in [0.29, 0.717) is 6.04 Å². The van der Waals surface area contributed by atoms with Crippen LogP contribution in [0.25, 0.3) is 0 Å². The van der Waals surface area contributed by atoms with E-state index >= 15 is 0 Å². The predicted octanol–water partition coefficient (Wildman–Crippen LogP) is 3.05. The molecule has 142 valence electrons. The van der Waals surface area contributed by atoms with E-state index in [2.05, 4.69) is 30.4 Å². The van der Waals surface area contributed by atoms with Crippen LogP contribution in [0, 0.1) is 0 Å². The standard InChI is InChI=1S/C18H32N6.HI/c1-19-18(21-15-9-4-2-5-10-15)20-13-8-12-17-23-22-16-11-6-3-7-14-24(16)17;/h15H,2-14H2,1H3,(H2,19,20,21);1H. The molecule has 1 fully saturated rings. The zero-order chi connectivity index (χ0) is 16.6. The lowest BCUT2D eigenvalue weighted by Gasteiger charge is -2.24.